The molecule has 0 fully saturated rings. The third-order valence-corrected chi connectivity index (χ3v) is 2.62. The number of hydrogen-bond acceptors (Lipinski definition) is 3. The fraction of sp³-hybridized carbons (Fsp3) is 0.308. The molecule has 0 amide bonds. The topological polar surface area (TPSA) is 60.9 Å². The van der Waals surface area contributed by atoms with Crippen molar-refractivity contribution in [3.63, 3.8) is 0 Å². The molecule has 0 bridgehead atoms. The van der Waals surface area contributed by atoms with E-state index in [1.807, 2.05) is 18.3 Å². The number of phenolic OH excluding ortho intramolecular Hbond substituents is 1. The molecule has 0 radical (unpaired) electrons. The summed E-state index contributed by atoms with van der Waals surface area (Å²) in [6.45, 7) is 1.86. The van der Waals surface area contributed by atoms with Gasteiger partial charge in [0.05, 0.1) is 0 Å². The molecule has 1 heterocycles. The van der Waals surface area contributed by atoms with Gasteiger partial charge in [-0.05, 0) is 30.7 Å². The summed E-state index contributed by atoms with van der Waals surface area (Å²) in [6, 6.07) is 7.34. The zero-order valence-electron chi connectivity index (χ0n) is 9.69. The molecule has 0 aliphatic rings. The first-order valence-electron chi connectivity index (χ1n) is 5.81. The van der Waals surface area contributed by atoms with Gasteiger partial charge in [0.25, 0.3) is 0 Å². The van der Waals surface area contributed by atoms with Crippen molar-refractivity contribution in [3.8, 4) is 5.75 Å². The van der Waals surface area contributed by atoms with E-state index in [1.165, 1.54) is 5.56 Å². The van der Waals surface area contributed by atoms with Gasteiger partial charge < -0.3 is 15.4 Å². The standard InChI is InChI=1S/C13H17N3O/c17-12-3-1-11(2-4-12)5-7-14-8-6-13-15-9-10-16-13/h1-4,9-10,14,17H,5-8H2,(H,15,16). The van der Waals surface area contributed by atoms with E-state index in [9.17, 15) is 0 Å². The second kappa shape index (κ2) is 6.06. The van der Waals surface area contributed by atoms with Crippen LogP contribution in [0.5, 0.6) is 5.75 Å². The Morgan fingerprint density at radius 2 is 1.88 bits per heavy atom. The van der Waals surface area contributed by atoms with E-state index in [4.69, 9.17) is 5.11 Å². The minimum atomic E-state index is 0.319. The molecule has 17 heavy (non-hydrogen) atoms. The number of aromatic nitrogens is 2. The molecule has 0 atom stereocenters. The molecule has 1 aromatic carbocycles. The minimum absolute atomic E-state index is 0.319. The van der Waals surface area contributed by atoms with Crippen LogP contribution in [-0.4, -0.2) is 28.2 Å². The Hall–Kier alpha value is -1.81. The van der Waals surface area contributed by atoms with Crippen LogP contribution in [0.25, 0.3) is 0 Å². The number of imidazole rings is 1. The summed E-state index contributed by atoms with van der Waals surface area (Å²) in [5, 5.41) is 12.5. The van der Waals surface area contributed by atoms with Gasteiger partial charge in [-0.3, -0.25) is 0 Å². The van der Waals surface area contributed by atoms with Crippen molar-refractivity contribution < 1.29 is 5.11 Å². The maximum atomic E-state index is 9.15. The summed E-state index contributed by atoms with van der Waals surface area (Å²) >= 11 is 0. The molecule has 0 saturated carbocycles. The molecule has 1 aromatic heterocycles. The second-order valence-corrected chi connectivity index (χ2v) is 3.95. The van der Waals surface area contributed by atoms with Gasteiger partial charge in [-0.25, -0.2) is 4.98 Å². The van der Waals surface area contributed by atoms with Crippen molar-refractivity contribution in [2.24, 2.45) is 0 Å². The Morgan fingerprint density at radius 3 is 2.59 bits per heavy atom. The SMILES string of the molecule is Oc1ccc(CCNCCc2ncc[nH]2)cc1. The number of phenols is 1. The molecule has 3 N–H and O–H groups in total. The number of nitrogens with one attached hydrogen (secondary N) is 2. The number of nitrogens with zero attached hydrogens (tertiary/aromatic N) is 1. The van der Waals surface area contributed by atoms with Crippen molar-refractivity contribution in [1.29, 1.82) is 0 Å². The maximum absolute atomic E-state index is 9.15. The van der Waals surface area contributed by atoms with Crippen LogP contribution >= 0.6 is 0 Å². The zero-order chi connectivity index (χ0) is 11.9. The lowest BCUT2D eigenvalue weighted by atomic mass is 10.1. The third-order valence-electron chi connectivity index (χ3n) is 2.62. The lowest BCUT2D eigenvalue weighted by molar-refractivity contribution is 0.475. The number of aromatic amines is 1. The molecule has 0 saturated heterocycles. The smallest absolute Gasteiger partial charge is 0.115 e. The largest absolute Gasteiger partial charge is 0.508 e. The van der Waals surface area contributed by atoms with Gasteiger partial charge in [0, 0.05) is 25.4 Å². The lowest BCUT2D eigenvalue weighted by Gasteiger charge is -2.04. The quantitative estimate of drug-likeness (QED) is 0.660. The fourth-order valence-corrected chi connectivity index (χ4v) is 1.66. The van der Waals surface area contributed by atoms with Crippen LogP contribution < -0.4 is 5.32 Å². The average Bonchev–Trinajstić information content (AvgIpc) is 2.84. The molecule has 90 valence electrons. The summed E-state index contributed by atoms with van der Waals surface area (Å²) in [5.41, 5.74) is 1.23. The van der Waals surface area contributed by atoms with Gasteiger partial charge in [-0.15, -0.1) is 0 Å². The second-order valence-electron chi connectivity index (χ2n) is 3.95. The van der Waals surface area contributed by atoms with Gasteiger partial charge in [0.2, 0.25) is 0 Å². The fourth-order valence-electron chi connectivity index (χ4n) is 1.66. The lowest BCUT2D eigenvalue weighted by Crippen LogP contribution is -2.20. The molecule has 0 spiro atoms. The first-order chi connectivity index (χ1) is 8.34. The van der Waals surface area contributed by atoms with E-state index in [1.54, 1.807) is 18.3 Å². The molecule has 2 aromatic rings. The molecule has 0 aliphatic heterocycles. The van der Waals surface area contributed by atoms with Gasteiger partial charge in [0.15, 0.2) is 0 Å². The van der Waals surface area contributed by atoms with E-state index in [-0.39, 0.29) is 0 Å². The normalized spacial score (nSPS) is 10.6. The van der Waals surface area contributed by atoms with Crippen LogP contribution in [0, 0.1) is 0 Å². The van der Waals surface area contributed by atoms with E-state index in [0.29, 0.717) is 5.75 Å². The molecule has 4 nitrogen and oxygen atoms in total. The van der Waals surface area contributed by atoms with Crippen LogP contribution in [0.3, 0.4) is 0 Å². The Labute approximate surface area is 101 Å². The van der Waals surface area contributed by atoms with Crippen molar-refractivity contribution in [3.05, 3.63) is 48.0 Å². The highest BCUT2D eigenvalue weighted by molar-refractivity contribution is 5.25. The van der Waals surface area contributed by atoms with Crippen LogP contribution in [0.15, 0.2) is 36.7 Å². The van der Waals surface area contributed by atoms with Crippen molar-refractivity contribution in [1.82, 2.24) is 15.3 Å². The summed E-state index contributed by atoms with van der Waals surface area (Å²) in [6.07, 6.45) is 5.50. The number of aromatic hydroxyl groups is 1. The molecule has 2 rings (SSSR count). The molecular formula is C13H17N3O. The van der Waals surface area contributed by atoms with Crippen LogP contribution in [0.2, 0.25) is 0 Å². The van der Waals surface area contributed by atoms with E-state index in [2.05, 4.69) is 15.3 Å². The van der Waals surface area contributed by atoms with Crippen molar-refractivity contribution in [2.75, 3.05) is 13.1 Å². The highest BCUT2D eigenvalue weighted by Crippen LogP contribution is 2.09. The van der Waals surface area contributed by atoms with Crippen molar-refractivity contribution in [2.45, 2.75) is 12.8 Å². The molecular weight excluding hydrogens is 214 g/mol. The van der Waals surface area contributed by atoms with Gasteiger partial charge in [0.1, 0.15) is 11.6 Å². The third kappa shape index (κ3) is 3.92. The molecule has 0 unspecified atom stereocenters. The predicted octanol–water partition coefficient (Wildman–Crippen LogP) is 1.49. The number of H-pyrrole nitrogens is 1. The highest BCUT2D eigenvalue weighted by atomic mass is 16.3. The monoisotopic (exact) mass is 231 g/mol. The Balaban J connectivity index is 1.61. The first-order valence-corrected chi connectivity index (χ1v) is 5.81. The van der Waals surface area contributed by atoms with E-state index >= 15 is 0 Å². The van der Waals surface area contributed by atoms with E-state index in [0.717, 1.165) is 31.8 Å². The summed E-state index contributed by atoms with van der Waals surface area (Å²) in [4.78, 5) is 7.23. The molecule has 0 aliphatic carbocycles. The van der Waals surface area contributed by atoms with Crippen LogP contribution in [0.1, 0.15) is 11.4 Å². The van der Waals surface area contributed by atoms with Crippen LogP contribution in [-0.2, 0) is 12.8 Å². The van der Waals surface area contributed by atoms with Gasteiger partial charge >= 0.3 is 0 Å². The van der Waals surface area contributed by atoms with Crippen LogP contribution in [0.4, 0.5) is 0 Å². The van der Waals surface area contributed by atoms with Crippen molar-refractivity contribution >= 4 is 0 Å². The average molecular weight is 231 g/mol. The van der Waals surface area contributed by atoms with Gasteiger partial charge in [-0.2, -0.15) is 0 Å². The molecule has 4 heteroatoms. The Kier molecular flexibility index (Phi) is 4.16. The first kappa shape index (κ1) is 11.7. The highest BCUT2D eigenvalue weighted by Gasteiger charge is 1.95. The number of benzene rings is 1. The van der Waals surface area contributed by atoms with E-state index < -0.39 is 0 Å². The zero-order valence-corrected chi connectivity index (χ0v) is 9.69. The number of hydrogen-bond donors (Lipinski definition) is 3. The Morgan fingerprint density at radius 1 is 1.12 bits per heavy atom. The predicted molar refractivity (Wildman–Crippen MR) is 67.0 cm³/mol. The summed E-state index contributed by atoms with van der Waals surface area (Å²) in [5.74, 6) is 1.33. The number of rotatable bonds is 6. The summed E-state index contributed by atoms with van der Waals surface area (Å²) < 4.78 is 0. The summed E-state index contributed by atoms with van der Waals surface area (Å²) in [7, 11) is 0. The maximum Gasteiger partial charge on any atom is 0.115 e. The minimum Gasteiger partial charge on any atom is -0.508 e. The van der Waals surface area contributed by atoms with Gasteiger partial charge in [-0.1, -0.05) is 12.1 Å². The Bertz CT molecular complexity index is 422.